The molecule has 23 N–H and O–H groups in total. The standard InChI is InChI=1S/C79H140N18O13/c1-45(2)36-60(72(103)87-56(68(84)99)28-18-22-32-80)93-76(107)64(40-49(9)10)91-70(101)58(30-20-24-34-82)89-74(105)62(38-47(5)6)96-79(110)67(43-53-44-85-55-27-17-16-26-54(53)55)97-78(109)65(41-50(11)12)92-71(102)59(31-21-25-35-83)88-73(104)61(37-46(3)4)94-77(108)66(42-51(13)14)95-75(106)63(39-48(7)8)90-69(100)57(86-52(15)98)29-19-23-33-81/h16-17,26-27,44-51,56-67,85H,18-25,28-43,80-83H2,1-15H3,(H2,84,99)(H,86,98)(H,87,103)(H,88,104)(H,89,105)(H,90,100)(H,91,101)(H,92,102)(H,93,107)(H,94,108)(H,95,106)(H,96,110)(H,97,109)/t56-,57-,58-,59-,60-,61-,62-,63-,64-,65-,66-,67-/m0/s1. The van der Waals surface area contributed by atoms with Gasteiger partial charge in [0.25, 0.3) is 0 Å². The SMILES string of the molecule is CC(=O)N[C@@H](CCCCN)C(=O)N[C@@H](CC(C)C)C(=O)N[C@@H](CC(C)C)C(=O)N[C@@H](CC(C)C)C(=O)N[C@@H](CCCCN)C(=O)N[C@@H](CC(C)C)C(=O)N[C@@H](Cc1c[nH]c2ccccc12)C(=O)N[C@@H](CC(C)C)C(=O)N[C@@H](CCCCN)C(=O)N[C@@H](CC(C)C)C(=O)N[C@@H](CC(C)C)C(=O)N[C@@H](CCCCN)C(N)=O. The number of nitrogens with one attached hydrogen (secondary N) is 13. The molecule has 0 aliphatic carbocycles. The van der Waals surface area contributed by atoms with Gasteiger partial charge in [0.1, 0.15) is 72.5 Å². The number of nitrogens with two attached hydrogens (primary N) is 5. The normalized spacial score (nSPS) is 14.9. The van der Waals surface area contributed by atoms with Gasteiger partial charge in [0.05, 0.1) is 0 Å². The molecule has 624 valence electrons. The predicted molar refractivity (Wildman–Crippen MR) is 428 cm³/mol. The summed E-state index contributed by atoms with van der Waals surface area (Å²) in [5.74, 6) is -9.98. The van der Waals surface area contributed by atoms with E-state index in [1.165, 1.54) is 6.92 Å². The highest BCUT2D eigenvalue weighted by Crippen LogP contribution is 2.22. The van der Waals surface area contributed by atoms with Crippen LogP contribution in [0.25, 0.3) is 10.9 Å². The number of H-pyrrole nitrogens is 1. The lowest BCUT2D eigenvalue weighted by Gasteiger charge is -2.30. The van der Waals surface area contributed by atoms with E-state index in [0.717, 1.165) is 10.9 Å². The summed E-state index contributed by atoms with van der Waals surface area (Å²) in [4.78, 5) is 188. The summed E-state index contributed by atoms with van der Waals surface area (Å²) < 4.78 is 0. The van der Waals surface area contributed by atoms with Crippen LogP contribution >= 0.6 is 0 Å². The molecule has 1 aromatic carbocycles. The number of primary amides is 1. The van der Waals surface area contributed by atoms with Gasteiger partial charge in [-0.25, -0.2) is 0 Å². The molecule has 12 atom stereocenters. The maximum Gasteiger partial charge on any atom is 0.243 e. The van der Waals surface area contributed by atoms with E-state index < -0.39 is 149 Å². The first kappa shape index (κ1) is 97.8. The predicted octanol–water partition coefficient (Wildman–Crippen LogP) is 2.87. The number of hydrogen-bond acceptors (Lipinski definition) is 17. The Hall–Kier alpha value is -8.29. The number of fused-ring (bicyclic) bond motifs is 1. The fraction of sp³-hybridized carbons (Fsp3) is 0.734. The van der Waals surface area contributed by atoms with Gasteiger partial charge in [-0.05, 0) is 201 Å². The van der Waals surface area contributed by atoms with Crippen LogP contribution in [-0.4, -0.2) is 180 Å². The Morgan fingerprint density at radius 1 is 0.300 bits per heavy atom. The third kappa shape index (κ3) is 38.1. The van der Waals surface area contributed by atoms with Gasteiger partial charge in [-0.2, -0.15) is 0 Å². The highest BCUT2D eigenvalue weighted by molar-refractivity contribution is 6.00. The van der Waals surface area contributed by atoms with Crippen molar-refractivity contribution >= 4 is 87.7 Å². The van der Waals surface area contributed by atoms with E-state index in [1.807, 2.05) is 121 Å². The lowest BCUT2D eigenvalue weighted by atomic mass is 9.98. The fourth-order valence-electron chi connectivity index (χ4n) is 13.0. The first-order valence-electron chi connectivity index (χ1n) is 40.1. The van der Waals surface area contributed by atoms with Crippen LogP contribution in [0.3, 0.4) is 0 Å². The highest BCUT2D eigenvalue weighted by atomic mass is 16.2. The molecule has 1 heterocycles. The van der Waals surface area contributed by atoms with Crippen molar-refractivity contribution in [1.82, 2.24) is 68.8 Å². The number of carbonyl (C=O) groups excluding carboxylic acids is 13. The molecule has 31 heteroatoms. The van der Waals surface area contributed by atoms with E-state index in [2.05, 4.69) is 68.8 Å². The van der Waals surface area contributed by atoms with Crippen molar-refractivity contribution in [2.45, 2.75) is 305 Å². The second-order valence-electron chi connectivity index (χ2n) is 32.4. The zero-order valence-corrected chi connectivity index (χ0v) is 68.5. The molecule has 0 saturated heterocycles. The minimum atomic E-state index is -1.40. The van der Waals surface area contributed by atoms with Crippen LogP contribution in [0, 0.1) is 41.4 Å². The van der Waals surface area contributed by atoms with Gasteiger partial charge in [0, 0.05) is 30.4 Å². The van der Waals surface area contributed by atoms with Crippen LogP contribution in [-0.2, 0) is 68.7 Å². The summed E-state index contributed by atoms with van der Waals surface area (Å²) in [6, 6.07) is -7.03. The molecule has 2 rings (SSSR count). The third-order valence-corrected chi connectivity index (χ3v) is 18.5. The second kappa shape index (κ2) is 52.0. The molecule has 0 fully saturated rings. The number of amides is 13. The first-order valence-corrected chi connectivity index (χ1v) is 40.1. The van der Waals surface area contributed by atoms with Crippen LogP contribution in [0.5, 0.6) is 0 Å². The van der Waals surface area contributed by atoms with Crippen LogP contribution in [0.1, 0.15) is 231 Å². The molecule has 0 bridgehead atoms. The van der Waals surface area contributed by atoms with Gasteiger partial charge in [-0.1, -0.05) is 115 Å². The van der Waals surface area contributed by atoms with E-state index in [0.29, 0.717) is 70.0 Å². The van der Waals surface area contributed by atoms with Gasteiger partial charge < -0.3 is 97.5 Å². The number of unbranched alkanes of at least 4 members (excludes halogenated alkanes) is 4. The largest absolute Gasteiger partial charge is 0.368 e. The Morgan fingerprint density at radius 3 is 0.773 bits per heavy atom. The summed E-state index contributed by atoms with van der Waals surface area (Å²) in [7, 11) is 0. The van der Waals surface area contributed by atoms with Gasteiger partial charge in [-0.15, -0.1) is 0 Å². The number of aromatic amines is 1. The molecule has 0 radical (unpaired) electrons. The molecule has 0 aliphatic heterocycles. The number of aromatic nitrogens is 1. The molecule has 1 aromatic heterocycles. The molecule has 110 heavy (non-hydrogen) atoms. The van der Waals surface area contributed by atoms with E-state index in [-0.39, 0.29) is 132 Å². The van der Waals surface area contributed by atoms with Crippen molar-refractivity contribution in [2.24, 2.45) is 70.1 Å². The van der Waals surface area contributed by atoms with E-state index in [4.69, 9.17) is 28.7 Å². The average Bonchev–Trinajstić information content (AvgIpc) is 1.63. The van der Waals surface area contributed by atoms with Crippen molar-refractivity contribution in [3.8, 4) is 0 Å². The van der Waals surface area contributed by atoms with Crippen LogP contribution in [0.15, 0.2) is 30.5 Å². The lowest BCUT2D eigenvalue weighted by molar-refractivity contribution is -0.136. The topological polar surface area (TPSA) is 512 Å². The van der Waals surface area contributed by atoms with Crippen molar-refractivity contribution in [1.29, 1.82) is 0 Å². The molecular weight excluding hydrogens is 1410 g/mol. The number of carbonyl (C=O) groups is 13. The smallest absolute Gasteiger partial charge is 0.243 e. The summed E-state index contributed by atoms with van der Waals surface area (Å²) in [6.45, 7) is 28.5. The van der Waals surface area contributed by atoms with Gasteiger partial charge >= 0.3 is 0 Å². The summed E-state index contributed by atoms with van der Waals surface area (Å²) >= 11 is 0. The van der Waals surface area contributed by atoms with Crippen molar-refractivity contribution in [3.63, 3.8) is 0 Å². The molecule has 0 aliphatic rings. The van der Waals surface area contributed by atoms with Crippen LogP contribution < -0.4 is 92.5 Å². The van der Waals surface area contributed by atoms with Crippen molar-refractivity contribution < 1.29 is 62.3 Å². The maximum atomic E-state index is 15.2. The van der Waals surface area contributed by atoms with E-state index in [1.54, 1.807) is 6.20 Å². The van der Waals surface area contributed by atoms with Crippen LogP contribution in [0.4, 0.5) is 0 Å². The fourth-order valence-corrected chi connectivity index (χ4v) is 13.0. The number of hydrogen-bond donors (Lipinski definition) is 18. The molecule has 0 saturated carbocycles. The van der Waals surface area contributed by atoms with Gasteiger partial charge in [0.2, 0.25) is 76.8 Å². The summed E-state index contributed by atoms with van der Waals surface area (Å²) in [5.41, 5.74) is 30.3. The molecule has 2 aromatic rings. The van der Waals surface area contributed by atoms with E-state index >= 15 is 9.59 Å². The number of benzene rings is 1. The second-order valence-corrected chi connectivity index (χ2v) is 32.4. The Kier molecular flexibility index (Phi) is 46.3. The quantitative estimate of drug-likeness (QED) is 0.0423. The van der Waals surface area contributed by atoms with Gasteiger partial charge in [-0.3, -0.25) is 62.3 Å². The molecule has 0 spiro atoms. The Morgan fingerprint density at radius 2 is 0.518 bits per heavy atom. The number of para-hydroxylation sites is 1. The third-order valence-electron chi connectivity index (χ3n) is 18.5. The molecular formula is C79H140N18O13. The zero-order chi connectivity index (χ0) is 82.9. The maximum absolute atomic E-state index is 15.2. The summed E-state index contributed by atoms with van der Waals surface area (Å²) in [6.07, 6.45) is 7.04. The minimum absolute atomic E-state index is 0.0523. The molecule has 31 nitrogen and oxygen atoms in total. The Balaban J connectivity index is 2.65. The highest BCUT2D eigenvalue weighted by Gasteiger charge is 2.38. The van der Waals surface area contributed by atoms with Crippen LogP contribution in [0.2, 0.25) is 0 Å². The average molecular weight is 1550 g/mol. The first-order chi connectivity index (χ1) is 51.8. The van der Waals surface area contributed by atoms with Crippen molar-refractivity contribution in [3.05, 3.63) is 36.0 Å². The Labute approximate surface area is 653 Å². The Bertz CT molecular complexity index is 3210. The zero-order valence-electron chi connectivity index (χ0n) is 68.5. The van der Waals surface area contributed by atoms with Crippen molar-refractivity contribution in [2.75, 3.05) is 26.2 Å². The molecule has 13 amide bonds. The minimum Gasteiger partial charge on any atom is -0.368 e. The van der Waals surface area contributed by atoms with E-state index in [9.17, 15) is 52.7 Å². The molecule has 0 unspecified atom stereocenters. The number of rotatable bonds is 56. The lowest BCUT2D eigenvalue weighted by Crippen LogP contribution is -2.61. The summed E-state index contributed by atoms with van der Waals surface area (Å²) in [5, 5.41) is 34.6. The monoisotopic (exact) mass is 1550 g/mol. The van der Waals surface area contributed by atoms with Gasteiger partial charge in [0.15, 0.2) is 0 Å².